The molecule has 7 heteroatoms. The number of halogens is 2. The van der Waals surface area contributed by atoms with E-state index < -0.39 is 17.6 Å². The number of rotatable bonds is 6. The monoisotopic (exact) mass is 480 g/mol. The molecule has 4 rings (SSSR count). The zero-order chi connectivity index (χ0) is 23.7. The highest BCUT2D eigenvalue weighted by molar-refractivity contribution is 8.04. The average molecular weight is 481 g/mol. The maximum Gasteiger partial charge on any atom is 0.283 e. The third-order valence-corrected chi connectivity index (χ3v) is 6.67. The van der Waals surface area contributed by atoms with Gasteiger partial charge in [-0.15, -0.1) is 0 Å². The van der Waals surface area contributed by atoms with Crippen LogP contribution in [0, 0.1) is 12.7 Å². The van der Waals surface area contributed by atoms with Crippen molar-refractivity contribution in [2.24, 2.45) is 0 Å². The lowest BCUT2D eigenvalue weighted by atomic mass is 10.0. The molecule has 0 fully saturated rings. The summed E-state index contributed by atoms with van der Waals surface area (Å²) in [5.74, 6) is -1.26. The fraction of sp³-hybridized carbons (Fsp3) is 0.154. The Balaban J connectivity index is 1.72. The second-order valence-corrected chi connectivity index (χ2v) is 9.56. The highest BCUT2D eigenvalue weighted by atomic mass is 35.5. The molecule has 0 spiro atoms. The van der Waals surface area contributed by atoms with E-state index in [4.69, 9.17) is 11.6 Å². The Morgan fingerprint density at radius 1 is 0.939 bits per heavy atom. The number of amides is 2. The van der Waals surface area contributed by atoms with Gasteiger partial charge in [0.1, 0.15) is 16.4 Å². The van der Waals surface area contributed by atoms with Gasteiger partial charge in [-0.2, -0.15) is 0 Å². The van der Waals surface area contributed by atoms with Gasteiger partial charge in [-0.25, -0.2) is 9.29 Å². The zero-order valence-electron chi connectivity index (χ0n) is 18.4. The molecule has 168 valence electrons. The predicted octanol–water partition coefficient (Wildman–Crippen LogP) is 6.90. The van der Waals surface area contributed by atoms with Gasteiger partial charge in [0.05, 0.1) is 10.7 Å². The highest BCUT2D eigenvalue weighted by Gasteiger charge is 2.40. The van der Waals surface area contributed by atoms with Crippen molar-refractivity contribution in [2.45, 2.75) is 31.6 Å². The number of aryl methyl sites for hydroxylation is 1. The van der Waals surface area contributed by atoms with E-state index in [1.807, 2.05) is 55.5 Å². The van der Waals surface area contributed by atoms with Crippen molar-refractivity contribution in [2.75, 3.05) is 10.2 Å². The summed E-state index contributed by atoms with van der Waals surface area (Å²) >= 11 is 7.13. The van der Waals surface area contributed by atoms with Gasteiger partial charge in [0.15, 0.2) is 0 Å². The standard InChI is InChI=1S/C26H22ClFN2O2S/c1-15(2)17-6-8-18(9-7-17)29-23-24(33-20-11-4-16(3)5-12-20)26(32)30(25(23)31)19-10-13-22(28)21(27)14-19/h4-15,29H,1-3H3. The molecular weight excluding hydrogens is 459 g/mol. The molecule has 33 heavy (non-hydrogen) atoms. The Kier molecular flexibility index (Phi) is 6.58. The highest BCUT2D eigenvalue weighted by Crippen LogP contribution is 2.38. The van der Waals surface area contributed by atoms with E-state index in [0.29, 0.717) is 11.6 Å². The van der Waals surface area contributed by atoms with Crippen LogP contribution in [0.1, 0.15) is 30.9 Å². The van der Waals surface area contributed by atoms with Gasteiger partial charge in [0.2, 0.25) is 0 Å². The van der Waals surface area contributed by atoms with Gasteiger partial charge in [0, 0.05) is 10.6 Å². The van der Waals surface area contributed by atoms with E-state index >= 15 is 0 Å². The SMILES string of the molecule is Cc1ccc(SC2=C(Nc3ccc(C(C)C)cc3)C(=O)N(c3ccc(F)c(Cl)c3)C2=O)cc1. The topological polar surface area (TPSA) is 49.4 Å². The van der Waals surface area contributed by atoms with Crippen LogP contribution in [-0.4, -0.2) is 11.8 Å². The number of hydrogen-bond acceptors (Lipinski definition) is 4. The Labute approximate surface area is 201 Å². The predicted molar refractivity (Wildman–Crippen MR) is 132 cm³/mol. The van der Waals surface area contributed by atoms with Crippen LogP contribution in [0.3, 0.4) is 0 Å². The summed E-state index contributed by atoms with van der Waals surface area (Å²) in [7, 11) is 0. The molecule has 0 saturated carbocycles. The Bertz CT molecular complexity index is 1250. The van der Waals surface area contributed by atoms with Crippen molar-refractivity contribution in [1.82, 2.24) is 0 Å². The maximum atomic E-state index is 13.7. The molecule has 1 N–H and O–H groups in total. The van der Waals surface area contributed by atoms with Gasteiger partial charge >= 0.3 is 0 Å². The first-order chi connectivity index (χ1) is 15.7. The van der Waals surface area contributed by atoms with Gasteiger partial charge in [-0.05, 0) is 60.9 Å². The number of anilines is 2. The molecule has 0 bridgehead atoms. The number of nitrogens with one attached hydrogen (secondary N) is 1. The second-order valence-electron chi connectivity index (χ2n) is 8.07. The van der Waals surface area contributed by atoms with Crippen molar-refractivity contribution >= 4 is 46.6 Å². The fourth-order valence-electron chi connectivity index (χ4n) is 3.39. The normalized spacial score (nSPS) is 13.9. The summed E-state index contributed by atoms with van der Waals surface area (Å²) in [6, 6.07) is 19.2. The van der Waals surface area contributed by atoms with Crippen LogP contribution in [0.2, 0.25) is 5.02 Å². The number of nitrogens with zero attached hydrogens (tertiary/aromatic N) is 1. The fourth-order valence-corrected chi connectivity index (χ4v) is 4.49. The molecule has 0 radical (unpaired) electrons. The van der Waals surface area contributed by atoms with Crippen LogP contribution in [0.25, 0.3) is 0 Å². The number of benzene rings is 3. The Morgan fingerprint density at radius 3 is 2.21 bits per heavy atom. The molecule has 0 saturated heterocycles. The van der Waals surface area contributed by atoms with Gasteiger partial charge in [-0.3, -0.25) is 9.59 Å². The van der Waals surface area contributed by atoms with E-state index in [-0.39, 0.29) is 21.3 Å². The summed E-state index contributed by atoms with van der Waals surface area (Å²) in [4.78, 5) is 28.9. The Hall–Kier alpha value is -3.09. The Morgan fingerprint density at radius 2 is 1.61 bits per heavy atom. The van der Waals surface area contributed by atoms with E-state index in [0.717, 1.165) is 21.4 Å². The van der Waals surface area contributed by atoms with Crippen LogP contribution in [0.5, 0.6) is 0 Å². The molecule has 1 aliphatic rings. The van der Waals surface area contributed by atoms with Crippen molar-refractivity contribution in [3.63, 3.8) is 0 Å². The second kappa shape index (κ2) is 9.41. The first kappa shape index (κ1) is 23.1. The molecule has 1 heterocycles. The first-order valence-electron chi connectivity index (χ1n) is 10.4. The van der Waals surface area contributed by atoms with Crippen LogP contribution in [0.15, 0.2) is 82.2 Å². The zero-order valence-corrected chi connectivity index (χ0v) is 19.9. The van der Waals surface area contributed by atoms with Crippen LogP contribution in [0.4, 0.5) is 15.8 Å². The molecule has 3 aromatic rings. The van der Waals surface area contributed by atoms with Gasteiger partial charge in [0.25, 0.3) is 11.8 Å². The van der Waals surface area contributed by atoms with Crippen molar-refractivity contribution in [3.05, 3.63) is 99.3 Å². The number of carbonyl (C=O) groups excluding carboxylic acids is 2. The molecule has 0 aliphatic carbocycles. The summed E-state index contributed by atoms with van der Waals surface area (Å²) in [5, 5.41) is 2.97. The molecule has 0 aromatic heterocycles. The number of imide groups is 1. The van der Waals surface area contributed by atoms with E-state index in [2.05, 4.69) is 19.2 Å². The summed E-state index contributed by atoms with van der Waals surface area (Å²) in [5.41, 5.74) is 3.33. The number of carbonyl (C=O) groups is 2. The minimum absolute atomic E-state index is 0.161. The molecule has 0 unspecified atom stereocenters. The van der Waals surface area contributed by atoms with E-state index in [1.165, 1.54) is 29.5 Å². The molecular formula is C26H22ClFN2O2S. The smallest absolute Gasteiger partial charge is 0.283 e. The third kappa shape index (κ3) is 4.82. The quantitative estimate of drug-likeness (QED) is 0.390. The molecule has 2 amide bonds. The summed E-state index contributed by atoms with van der Waals surface area (Å²) in [6.07, 6.45) is 0. The lowest BCUT2D eigenvalue weighted by Gasteiger charge is -2.16. The van der Waals surface area contributed by atoms with Gasteiger partial charge in [-0.1, -0.05) is 67.0 Å². The largest absolute Gasteiger partial charge is 0.350 e. The number of thioether (sulfide) groups is 1. The minimum atomic E-state index is -0.620. The van der Waals surface area contributed by atoms with Crippen molar-refractivity contribution in [3.8, 4) is 0 Å². The lowest BCUT2D eigenvalue weighted by molar-refractivity contribution is -0.120. The first-order valence-corrected chi connectivity index (χ1v) is 11.6. The summed E-state index contributed by atoms with van der Waals surface area (Å²) in [6.45, 7) is 6.18. The van der Waals surface area contributed by atoms with Gasteiger partial charge < -0.3 is 5.32 Å². The molecule has 4 nitrogen and oxygen atoms in total. The van der Waals surface area contributed by atoms with Crippen molar-refractivity contribution < 1.29 is 14.0 Å². The number of hydrogen-bond donors (Lipinski definition) is 1. The molecule has 3 aromatic carbocycles. The van der Waals surface area contributed by atoms with Crippen LogP contribution < -0.4 is 10.2 Å². The van der Waals surface area contributed by atoms with E-state index in [9.17, 15) is 14.0 Å². The minimum Gasteiger partial charge on any atom is -0.350 e. The third-order valence-electron chi connectivity index (χ3n) is 5.29. The van der Waals surface area contributed by atoms with E-state index in [1.54, 1.807) is 0 Å². The van der Waals surface area contributed by atoms with Crippen LogP contribution >= 0.6 is 23.4 Å². The maximum absolute atomic E-state index is 13.7. The molecule has 0 atom stereocenters. The lowest BCUT2D eigenvalue weighted by Crippen LogP contribution is -2.32. The summed E-state index contributed by atoms with van der Waals surface area (Å²) < 4.78 is 13.7. The molecule has 1 aliphatic heterocycles. The van der Waals surface area contributed by atoms with Crippen LogP contribution in [-0.2, 0) is 9.59 Å². The average Bonchev–Trinajstić information content (AvgIpc) is 3.01. The van der Waals surface area contributed by atoms with Crippen molar-refractivity contribution in [1.29, 1.82) is 0 Å².